The summed E-state index contributed by atoms with van der Waals surface area (Å²) >= 11 is 14.1. The molecule has 2 rings (SSSR count). The Morgan fingerprint density at radius 2 is 2.00 bits per heavy atom. The first-order chi connectivity index (χ1) is 8.40. The number of benzene rings is 1. The van der Waals surface area contributed by atoms with E-state index in [4.69, 9.17) is 11.6 Å². The Labute approximate surface area is 130 Å². The average Bonchev–Trinajstić information content (AvgIpc) is 2.63. The van der Waals surface area contributed by atoms with Crippen molar-refractivity contribution in [1.29, 1.82) is 0 Å². The van der Waals surface area contributed by atoms with E-state index < -0.39 is 6.10 Å². The lowest BCUT2D eigenvalue weighted by Gasteiger charge is -2.12. The Hall–Kier alpha value is 0.0600. The van der Waals surface area contributed by atoms with Gasteiger partial charge in [-0.05, 0) is 62.5 Å². The summed E-state index contributed by atoms with van der Waals surface area (Å²) in [6, 6.07) is 4.62. The van der Waals surface area contributed by atoms with Crippen LogP contribution in [-0.4, -0.2) is 5.11 Å². The van der Waals surface area contributed by atoms with Crippen LogP contribution in [0.1, 0.15) is 22.1 Å². The minimum atomic E-state index is -0.857. The SMILES string of the molecule is Cc1cc(C(O)c2cc(Br)c(Br)s2)c(Cl)cc1F. The van der Waals surface area contributed by atoms with E-state index in [1.807, 2.05) is 6.07 Å². The molecule has 0 bridgehead atoms. The molecule has 18 heavy (non-hydrogen) atoms. The van der Waals surface area contributed by atoms with E-state index in [1.54, 1.807) is 13.0 Å². The van der Waals surface area contributed by atoms with E-state index in [9.17, 15) is 9.50 Å². The molecule has 0 fully saturated rings. The molecule has 0 spiro atoms. The monoisotopic (exact) mass is 412 g/mol. The van der Waals surface area contributed by atoms with Gasteiger partial charge in [0.05, 0.1) is 3.79 Å². The molecule has 1 atom stereocenters. The van der Waals surface area contributed by atoms with Crippen molar-refractivity contribution >= 4 is 54.8 Å². The van der Waals surface area contributed by atoms with Gasteiger partial charge in [-0.25, -0.2) is 4.39 Å². The van der Waals surface area contributed by atoms with Crippen molar-refractivity contribution in [1.82, 2.24) is 0 Å². The molecule has 1 aromatic heterocycles. The molecule has 0 radical (unpaired) electrons. The topological polar surface area (TPSA) is 20.2 Å². The molecule has 0 amide bonds. The second-order valence-corrected chi connectivity index (χ2v) is 7.46. The highest BCUT2D eigenvalue weighted by Crippen LogP contribution is 2.39. The van der Waals surface area contributed by atoms with E-state index in [1.165, 1.54) is 17.4 Å². The Kier molecular flexibility index (Phi) is 4.49. The van der Waals surface area contributed by atoms with Crippen LogP contribution in [0.5, 0.6) is 0 Å². The number of halogens is 4. The van der Waals surface area contributed by atoms with Crippen molar-refractivity contribution in [3.8, 4) is 0 Å². The lowest BCUT2D eigenvalue weighted by Crippen LogP contribution is -2.00. The molecule has 1 nitrogen and oxygen atoms in total. The van der Waals surface area contributed by atoms with E-state index in [2.05, 4.69) is 31.9 Å². The molecule has 0 aliphatic heterocycles. The molecular weight excluding hydrogens is 406 g/mol. The number of rotatable bonds is 2. The summed E-state index contributed by atoms with van der Waals surface area (Å²) in [5.74, 6) is -0.371. The molecule has 1 N–H and O–H groups in total. The van der Waals surface area contributed by atoms with Crippen molar-refractivity contribution in [3.63, 3.8) is 0 Å². The van der Waals surface area contributed by atoms with Crippen LogP contribution in [0.2, 0.25) is 5.02 Å². The molecule has 0 saturated heterocycles. The summed E-state index contributed by atoms with van der Waals surface area (Å²) in [6.07, 6.45) is -0.857. The maximum absolute atomic E-state index is 13.3. The van der Waals surface area contributed by atoms with Gasteiger partial charge in [0.25, 0.3) is 0 Å². The highest BCUT2D eigenvalue weighted by atomic mass is 79.9. The predicted octanol–water partition coefficient (Wildman–Crippen LogP) is 5.46. The highest BCUT2D eigenvalue weighted by molar-refractivity contribution is 9.13. The molecular formula is C12H8Br2ClFOS. The first kappa shape index (κ1) is 14.5. The number of aliphatic hydroxyl groups excluding tert-OH is 1. The van der Waals surface area contributed by atoms with E-state index in [0.29, 0.717) is 11.1 Å². The Morgan fingerprint density at radius 1 is 1.33 bits per heavy atom. The second kappa shape index (κ2) is 5.59. The summed E-state index contributed by atoms with van der Waals surface area (Å²) in [7, 11) is 0. The fraction of sp³-hybridized carbons (Fsp3) is 0.167. The van der Waals surface area contributed by atoms with Crippen molar-refractivity contribution in [3.05, 3.63) is 53.3 Å². The molecule has 0 aliphatic rings. The Morgan fingerprint density at radius 3 is 2.56 bits per heavy atom. The van der Waals surface area contributed by atoms with Gasteiger partial charge in [0.2, 0.25) is 0 Å². The largest absolute Gasteiger partial charge is 0.383 e. The van der Waals surface area contributed by atoms with Crippen LogP contribution in [0, 0.1) is 12.7 Å². The van der Waals surface area contributed by atoms with Gasteiger partial charge in [-0.2, -0.15) is 0 Å². The molecule has 96 valence electrons. The Balaban J connectivity index is 2.45. The lowest BCUT2D eigenvalue weighted by atomic mass is 10.0. The lowest BCUT2D eigenvalue weighted by molar-refractivity contribution is 0.224. The third-order valence-corrected chi connectivity index (χ3v) is 6.14. The van der Waals surface area contributed by atoms with Crippen molar-refractivity contribution in [2.24, 2.45) is 0 Å². The maximum Gasteiger partial charge on any atom is 0.127 e. The molecule has 1 unspecified atom stereocenters. The van der Waals surface area contributed by atoms with Gasteiger partial charge >= 0.3 is 0 Å². The summed E-state index contributed by atoms with van der Waals surface area (Å²) < 4.78 is 15.1. The van der Waals surface area contributed by atoms with E-state index in [0.717, 1.165) is 13.1 Å². The van der Waals surface area contributed by atoms with Gasteiger partial charge in [0.15, 0.2) is 0 Å². The van der Waals surface area contributed by atoms with Crippen LogP contribution in [0.3, 0.4) is 0 Å². The van der Waals surface area contributed by atoms with Gasteiger partial charge in [-0.3, -0.25) is 0 Å². The third kappa shape index (κ3) is 2.80. The van der Waals surface area contributed by atoms with Gasteiger partial charge < -0.3 is 5.11 Å². The molecule has 6 heteroatoms. The molecule has 0 aliphatic carbocycles. The second-order valence-electron chi connectivity index (χ2n) is 3.80. The van der Waals surface area contributed by atoms with Gasteiger partial charge in [-0.1, -0.05) is 11.6 Å². The summed E-state index contributed by atoms with van der Waals surface area (Å²) in [5.41, 5.74) is 0.972. The molecule has 1 heterocycles. The van der Waals surface area contributed by atoms with Crippen LogP contribution < -0.4 is 0 Å². The molecule has 0 saturated carbocycles. The summed E-state index contributed by atoms with van der Waals surface area (Å²) in [6.45, 7) is 1.64. The standard InChI is InChI=1S/C12H8Br2ClFOS/c1-5-2-6(8(15)4-9(5)16)11(17)10-3-7(13)12(14)18-10/h2-4,11,17H,1H3. The maximum atomic E-state index is 13.3. The van der Waals surface area contributed by atoms with Crippen LogP contribution in [0.15, 0.2) is 26.5 Å². The van der Waals surface area contributed by atoms with Gasteiger partial charge in [0.1, 0.15) is 11.9 Å². The van der Waals surface area contributed by atoms with E-state index in [-0.39, 0.29) is 10.8 Å². The molecule has 2 aromatic rings. The van der Waals surface area contributed by atoms with E-state index >= 15 is 0 Å². The smallest absolute Gasteiger partial charge is 0.127 e. The number of aliphatic hydroxyl groups is 1. The van der Waals surface area contributed by atoms with Crippen molar-refractivity contribution in [2.75, 3.05) is 0 Å². The van der Waals surface area contributed by atoms with Crippen molar-refractivity contribution < 1.29 is 9.50 Å². The normalized spacial score (nSPS) is 12.8. The number of hydrogen-bond acceptors (Lipinski definition) is 2. The fourth-order valence-corrected chi connectivity index (χ4v) is 3.89. The minimum Gasteiger partial charge on any atom is -0.383 e. The zero-order valence-corrected chi connectivity index (χ0v) is 13.9. The minimum absolute atomic E-state index is 0.228. The Bertz CT molecular complexity index is 581. The number of thiophene rings is 1. The van der Waals surface area contributed by atoms with Crippen molar-refractivity contribution in [2.45, 2.75) is 13.0 Å². The van der Waals surface area contributed by atoms with Crippen LogP contribution >= 0.6 is 54.8 Å². The van der Waals surface area contributed by atoms with Gasteiger partial charge in [0, 0.05) is 19.9 Å². The number of hydrogen-bond donors (Lipinski definition) is 1. The summed E-state index contributed by atoms with van der Waals surface area (Å²) in [5, 5.41) is 10.5. The van der Waals surface area contributed by atoms with Crippen LogP contribution in [0.4, 0.5) is 4.39 Å². The first-order valence-electron chi connectivity index (χ1n) is 4.98. The zero-order valence-electron chi connectivity index (χ0n) is 9.18. The summed E-state index contributed by atoms with van der Waals surface area (Å²) in [4.78, 5) is 0.738. The quantitative estimate of drug-likeness (QED) is 0.692. The van der Waals surface area contributed by atoms with Crippen LogP contribution in [0.25, 0.3) is 0 Å². The van der Waals surface area contributed by atoms with Gasteiger partial charge in [-0.15, -0.1) is 11.3 Å². The zero-order chi connectivity index (χ0) is 13.4. The third-order valence-electron chi connectivity index (χ3n) is 2.51. The number of aryl methyl sites for hydroxylation is 1. The van der Waals surface area contributed by atoms with Crippen LogP contribution in [-0.2, 0) is 0 Å². The predicted molar refractivity (Wildman–Crippen MR) is 79.9 cm³/mol. The highest BCUT2D eigenvalue weighted by Gasteiger charge is 2.19. The molecule has 1 aromatic carbocycles. The fourth-order valence-electron chi connectivity index (χ4n) is 1.54. The average molecular weight is 415 g/mol. The first-order valence-corrected chi connectivity index (χ1v) is 7.76.